The smallest absolute Gasteiger partial charge is 0.410 e. The third-order valence-electron chi connectivity index (χ3n) is 4.12. The van der Waals surface area contributed by atoms with E-state index in [1.165, 1.54) is 11.1 Å². The van der Waals surface area contributed by atoms with Gasteiger partial charge in [0, 0.05) is 30.7 Å². The lowest BCUT2D eigenvalue weighted by molar-refractivity contribution is -0.141. The maximum Gasteiger partial charge on any atom is 0.410 e. The molecule has 2 heterocycles. The predicted molar refractivity (Wildman–Crippen MR) is 89.7 cm³/mol. The van der Waals surface area contributed by atoms with Crippen LogP contribution in [-0.4, -0.2) is 40.5 Å². The number of likely N-dealkylation sites (tertiary alicyclic amines) is 1. The lowest BCUT2D eigenvalue weighted by Crippen LogP contribution is -2.56. The third-order valence-corrected chi connectivity index (χ3v) is 4.86. The zero-order chi connectivity index (χ0) is 16.8. The van der Waals surface area contributed by atoms with E-state index >= 15 is 0 Å². The van der Waals surface area contributed by atoms with Crippen molar-refractivity contribution in [3.8, 4) is 0 Å². The van der Waals surface area contributed by atoms with Gasteiger partial charge in [-0.2, -0.15) is 0 Å². The molecular weight excluding hydrogens is 360 g/mol. The van der Waals surface area contributed by atoms with Crippen LogP contribution < -0.4 is 0 Å². The van der Waals surface area contributed by atoms with Crippen LogP contribution in [0.3, 0.4) is 0 Å². The summed E-state index contributed by atoms with van der Waals surface area (Å²) in [6, 6.07) is 6.05. The Balaban J connectivity index is 1.55. The van der Waals surface area contributed by atoms with Crippen molar-refractivity contribution in [1.82, 2.24) is 9.80 Å². The molecule has 6 heteroatoms. The number of carbonyl (C=O) groups is 2. The first kappa shape index (κ1) is 16.3. The number of hydrogen-bond donors (Lipinski definition) is 0. The summed E-state index contributed by atoms with van der Waals surface area (Å²) in [4.78, 5) is 28.0. The summed E-state index contributed by atoms with van der Waals surface area (Å²) in [7, 11) is 0. The standard InChI is InChI=1S/C17H21BrN2O3/c1-17(2,3)23-16(22)20-8-12(9-20)15(21)19-7-11-5-4-6-14(18)13(11)10-19/h4-6,12H,7-10H2,1-3H3. The zero-order valence-electron chi connectivity index (χ0n) is 13.6. The molecule has 1 fully saturated rings. The number of rotatable bonds is 1. The van der Waals surface area contributed by atoms with E-state index in [-0.39, 0.29) is 17.9 Å². The van der Waals surface area contributed by atoms with Gasteiger partial charge in [-0.3, -0.25) is 4.79 Å². The van der Waals surface area contributed by atoms with Gasteiger partial charge in [0.2, 0.25) is 5.91 Å². The lowest BCUT2D eigenvalue weighted by Gasteiger charge is -2.40. The van der Waals surface area contributed by atoms with E-state index in [2.05, 4.69) is 22.0 Å². The Morgan fingerprint density at radius 2 is 1.87 bits per heavy atom. The van der Waals surface area contributed by atoms with Gasteiger partial charge in [0.15, 0.2) is 0 Å². The van der Waals surface area contributed by atoms with E-state index in [0.29, 0.717) is 26.2 Å². The van der Waals surface area contributed by atoms with Crippen LogP contribution in [0.5, 0.6) is 0 Å². The molecule has 2 amide bonds. The van der Waals surface area contributed by atoms with E-state index in [0.717, 1.165) is 4.47 Å². The highest BCUT2D eigenvalue weighted by molar-refractivity contribution is 9.10. The first-order chi connectivity index (χ1) is 10.7. The fourth-order valence-corrected chi connectivity index (χ4v) is 3.44. The molecule has 0 radical (unpaired) electrons. The second kappa shape index (κ2) is 5.82. The molecule has 0 saturated carbocycles. The number of amides is 2. The van der Waals surface area contributed by atoms with Crippen molar-refractivity contribution in [1.29, 1.82) is 0 Å². The van der Waals surface area contributed by atoms with E-state index < -0.39 is 5.60 Å². The van der Waals surface area contributed by atoms with Crippen molar-refractivity contribution in [3.63, 3.8) is 0 Å². The Hall–Kier alpha value is -1.56. The van der Waals surface area contributed by atoms with Gasteiger partial charge < -0.3 is 14.5 Å². The largest absolute Gasteiger partial charge is 0.444 e. The summed E-state index contributed by atoms with van der Waals surface area (Å²) in [5, 5.41) is 0. The first-order valence-electron chi connectivity index (χ1n) is 7.77. The van der Waals surface area contributed by atoms with Crippen LogP contribution in [0, 0.1) is 5.92 Å². The molecule has 0 aromatic heterocycles. The molecular formula is C17H21BrN2O3. The second-order valence-electron chi connectivity index (χ2n) is 7.15. The minimum Gasteiger partial charge on any atom is -0.444 e. The highest BCUT2D eigenvalue weighted by Gasteiger charge is 2.40. The van der Waals surface area contributed by atoms with Gasteiger partial charge in [0.05, 0.1) is 5.92 Å². The number of ether oxygens (including phenoxy) is 1. The van der Waals surface area contributed by atoms with Crippen LogP contribution >= 0.6 is 15.9 Å². The molecule has 1 aromatic rings. The van der Waals surface area contributed by atoms with Crippen molar-refractivity contribution >= 4 is 27.9 Å². The normalized spacial score (nSPS) is 17.7. The summed E-state index contributed by atoms with van der Waals surface area (Å²) in [5.74, 6) is 0.00325. The predicted octanol–water partition coefficient (Wildman–Crippen LogP) is 3.16. The monoisotopic (exact) mass is 380 g/mol. The Kier molecular flexibility index (Phi) is 4.12. The van der Waals surface area contributed by atoms with Crippen LogP contribution in [0.25, 0.3) is 0 Å². The van der Waals surface area contributed by atoms with Gasteiger partial charge >= 0.3 is 6.09 Å². The minimum absolute atomic E-state index is 0.115. The topological polar surface area (TPSA) is 49.9 Å². The molecule has 0 spiro atoms. The van der Waals surface area contributed by atoms with E-state index in [4.69, 9.17) is 4.74 Å². The lowest BCUT2D eigenvalue weighted by atomic mass is 9.99. The highest BCUT2D eigenvalue weighted by atomic mass is 79.9. The highest BCUT2D eigenvalue weighted by Crippen LogP contribution is 2.31. The maximum absolute atomic E-state index is 12.6. The molecule has 0 aliphatic carbocycles. The van der Waals surface area contributed by atoms with Crippen molar-refractivity contribution in [2.45, 2.75) is 39.5 Å². The maximum atomic E-state index is 12.6. The number of carbonyl (C=O) groups excluding carboxylic acids is 2. The summed E-state index contributed by atoms with van der Waals surface area (Å²) in [6.07, 6.45) is -0.339. The van der Waals surface area contributed by atoms with Gasteiger partial charge in [0.1, 0.15) is 5.60 Å². The summed E-state index contributed by atoms with van der Waals surface area (Å²) >= 11 is 3.54. The Bertz CT molecular complexity index is 648. The van der Waals surface area contributed by atoms with E-state index in [1.807, 2.05) is 37.8 Å². The van der Waals surface area contributed by atoms with Crippen LogP contribution in [0.15, 0.2) is 22.7 Å². The fraction of sp³-hybridized carbons (Fsp3) is 0.529. The Morgan fingerprint density at radius 1 is 1.17 bits per heavy atom. The van der Waals surface area contributed by atoms with Crippen molar-refractivity contribution < 1.29 is 14.3 Å². The number of hydrogen-bond acceptors (Lipinski definition) is 3. The zero-order valence-corrected chi connectivity index (χ0v) is 15.2. The summed E-state index contributed by atoms with van der Waals surface area (Å²) in [5.41, 5.74) is 1.87. The molecule has 1 aromatic carbocycles. The Morgan fingerprint density at radius 3 is 2.48 bits per heavy atom. The van der Waals surface area contributed by atoms with Gasteiger partial charge in [-0.1, -0.05) is 28.1 Å². The van der Waals surface area contributed by atoms with Gasteiger partial charge in [-0.25, -0.2) is 4.79 Å². The minimum atomic E-state index is -0.505. The SMILES string of the molecule is CC(C)(C)OC(=O)N1CC(C(=O)N2Cc3cccc(Br)c3C2)C1. The number of nitrogens with zero attached hydrogens (tertiary/aromatic N) is 2. The number of halogens is 1. The van der Waals surface area contributed by atoms with Crippen LogP contribution in [0.2, 0.25) is 0 Å². The number of benzene rings is 1. The molecule has 0 bridgehead atoms. The molecule has 124 valence electrons. The van der Waals surface area contributed by atoms with Crippen molar-refractivity contribution in [3.05, 3.63) is 33.8 Å². The van der Waals surface area contributed by atoms with Gasteiger partial charge in [0.25, 0.3) is 0 Å². The third kappa shape index (κ3) is 3.37. The van der Waals surface area contributed by atoms with Crippen LogP contribution in [0.1, 0.15) is 31.9 Å². The molecule has 1 saturated heterocycles. The average Bonchev–Trinajstić information content (AvgIpc) is 2.80. The van der Waals surface area contributed by atoms with Gasteiger partial charge in [-0.05, 0) is 38.0 Å². The number of fused-ring (bicyclic) bond motifs is 1. The molecule has 2 aliphatic heterocycles. The second-order valence-corrected chi connectivity index (χ2v) is 8.01. The van der Waals surface area contributed by atoms with Gasteiger partial charge in [-0.15, -0.1) is 0 Å². The molecule has 0 atom stereocenters. The molecule has 0 unspecified atom stereocenters. The summed E-state index contributed by atoms with van der Waals surface area (Å²) < 4.78 is 6.37. The van der Waals surface area contributed by atoms with E-state index in [1.54, 1.807) is 4.90 Å². The quantitative estimate of drug-likeness (QED) is 0.751. The van der Waals surface area contributed by atoms with Crippen LogP contribution in [0.4, 0.5) is 4.79 Å². The van der Waals surface area contributed by atoms with Crippen molar-refractivity contribution in [2.75, 3.05) is 13.1 Å². The van der Waals surface area contributed by atoms with Crippen molar-refractivity contribution in [2.24, 2.45) is 5.92 Å². The van der Waals surface area contributed by atoms with Crippen LogP contribution in [-0.2, 0) is 22.6 Å². The molecule has 23 heavy (non-hydrogen) atoms. The molecule has 5 nitrogen and oxygen atoms in total. The fourth-order valence-electron chi connectivity index (χ4n) is 2.91. The summed E-state index contributed by atoms with van der Waals surface area (Å²) in [6.45, 7) is 7.70. The molecule has 0 N–H and O–H groups in total. The molecule has 2 aliphatic rings. The molecule has 3 rings (SSSR count). The average molecular weight is 381 g/mol. The van der Waals surface area contributed by atoms with E-state index in [9.17, 15) is 9.59 Å². The first-order valence-corrected chi connectivity index (χ1v) is 8.57. The Labute approximate surface area is 144 Å².